The Morgan fingerprint density at radius 2 is 2.17 bits per heavy atom. The summed E-state index contributed by atoms with van der Waals surface area (Å²) in [5, 5.41) is 9.31. The molecule has 5 nitrogen and oxygen atoms in total. The lowest BCUT2D eigenvalue weighted by Gasteiger charge is -2.12. The van der Waals surface area contributed by atoms with Gasteiger partial charge in [0.15, 0.2) is 5.84 Å². The number of halogens is 1. The van der Waals surface area contributed by atoms with Crippen LogP contribution < -0.4 is 10.2 Å². The average Bonchev–Trinajstić information content (AvgIpc) is 2.55. The lowest BCUT2D eigenvalue weighted by Crippen LogP contribution is -2.22. The zero-order valence-electron chi connectivity index (χ0n) is 13.2. The number of rotatable bonds is 6. The maximum absolute atomic E-state index is 13.2. The third kappa shape index (κ3) is 4.75. The SMILES string of the molecule is CCCN=C(NO)c1ccc(C)nc1OCc1cccc(F)c1. The Labute approximate surface area is 134 Å². The zero-order chi connectivity index (χ0) is 16.7. The van der Waals surface area contributed by atoms with Crippen molar-refractivity contribution in [1.82, 2.24) is 10.5 Å². The van der Waals surface area contributed by atoms with Crippen LogP contribution in [0.2, 0.25) is 0 Å². The van der Waals surface area contributed by atoms with Crippen LogP contribution in [0.25, 0.3) is 0 Å². The first kappa shape index (κ1) is 16.9. The lowest BCUT2D eigenvalue weighted by molar-refractivity contribution is 0.233. The van der Waals surface area contributed by atoms with Gasteiger partial charge in [-0.15, -0.1) is 0 Å². The molecule has 6 heteroatoms. The molecule has 0 spiro atoms. The first-order chi connectivity index (χ1) is 11.1. The van der Waals surface area contributed by atoms with Crippen molar-refractivity contribution in [2.75, 3.05) is 6.54 Å². The van der Waals surface area contributed by atoms with Gasteiger partial charge in [-0.2, -0.15) is 0 Å². The molecule has 2 rings (SSSR count). The number of aromatic nitrogens is 1. The molecule has 0 amide bonds. The molecule has 1 heterocycles. The number of nitrogens with one attached hydrogen (secondary N) is 1. The van der Waals surface area contributed by atoms with E-state index in [-0.39, 0.29) is 12.4 Å². The molecule has 0 radical (unpaired) electrons. The van der Waals surface area contributed by atoms with Crippen LogP contribution >= 0.6 is 0 Å². The molecule has 0 fully saturated rings. The standard InChI is InChI=1S/C17H20FN3O2/c1-3-9-19-16(21-22)15-8-7-12(2)20-17(15)23-11-13-5-4-6-14(18)10-13/h4-8,10,22H,3,9,11H2,1-2H3,(H,19,21). The number of hydrogen-bond donors (Lipinski definition) is 2. The molecule has 0 saturated heterocycles. The van der Waals surface area contributed by atoms with E-state index >= 15 is 0 Å². The summed E-state index contributed by atoms with van der Waals surface area (Å²) in [6, 6.07) is 9.78. The van der Waals surface area contributed by atoms with E-state index in [4.69, 9.17) is 4.74 Å². The minimum absolute atomic E-state index is 0.174. The first-order valence-electron chi connectivity index (χ1n) is 7.44. The minimum Gasteiger partial charge on any atom is -0.472 e. The second-order valence-corrected chi connectivity index (χ2v) is 5.07. The van der Waals surface area contributed by atoms with Crippen LogP contribution in [0, 0.1) is 12.7 Å². The summed E-state index contributed by atoms with van der Waals surface area (Å²) >= 11 is 0. The highest BCUT2D eigenvalue weighted by Crippen LogP contribution is 2.18. The average molecular weight is 317 g/mol. The number of aryl methyl sites for hydroxylation is 1. The van der Waals surface area contributed by atoms with Gasteiger partial charge in [0, 0.05) is 12.2 Å². The summed E-state index contributed by atoms with van der Waals surface area (Å²) in [6.45, 7) is 4.58. The molecule has 0 atom stereocenters. The summed E-state index contributed by atoms with van der Waals surface area (Å²) in [4.78, 5) is 8.61. The van der Waals surface area contributed by atoms with Crippen LogP contribution in [0.3, 0.4) is 0 Å². The molecule has 0 aliphatic rings. The molecule has 2 aromatic rings. The van der Waals surface area contributed by atoms with Gasteiger partial charge in [0.05, 0.1) is 5.56 Å². The second kappa shape index (κ2) is 8.24. The van der Waals surface area contributed by atoms with E-state index in [2.05, 4.69) is 15.5 Å². The van der Waals surface area contributed by atoms with Crippen LogP contribution in [0.1, 0.15) is 30.2 Å². The van der Waals surface area contributed by atoms with Gasteiger partial charge >= 0.3 is 0 Å². The van der Waals surface area contributed by atoms with Gasteiger partial charge in [-0.3, -0.25) is 15.7 Å². The highest BCUT2D eigenvalue weighted by atomic mass is 19.1. The predicted octanol–water partition coefficient (Wildman–Crippen LogP) is 3.24. The van der Waals surface area contributed by atoms with Crippen molar-refractivity contribution < 1.29 is 14.3 Å². The highest BCUT2D eigenvalue weighted by Gasteiger charge is 2.12. The summed E-state index contributed by atoms with van der Waals surface area (Å²) in [6.07, 6.45) is 0.851. The maximum atomic E-state index is 13.2. The van der Waals surface area contributed by atoms with Crippen LogP contribution in [0.4, 0.5) is 4.39 Å². The fourth-order valence-corrected chi connectivity index (χ4v) is 2.01. The van der Waals surface area contributed by atoms with Gasteiger partial charge in [-0.25, -0.2) is 9.37 Å². The molecule has 0 saturated carbocycles. The van der Waals surface area contributed by atoms with Crippen LogP contribution in [-0.2, 0) is 6.61 Å². The van der Waals surface area contributed by atoms with E-state index in [0.717, 1.165) is 12.1 Å². The van der Waals surface area contributed by atoms with Crippen molar-refractivity contribution in [2.45, 2.75) is 26.9 Å². The summed E-state index contributed by atoms with van der Waals surface area (Å²) in [5.41, 5.74) is 4.12. The van der Waals surface area contributed by atoms with Gasteiger partial charge in [0.25, 0.3) is 0 Å². The largest absolute Gasteiger partial charge is 0.472 e. The normalized spacial score (nSPS) is 11.4. The molecule has 2 N–H and O–H groups in total. The molecule has 23 heavy (non-hydrogen) atoms. The van der Waals surface area contributed by atoms with Crippen molar-refractivity contribution in [3.05, 3.63) is 59.0 Å². The van der Waals surface area contributed by atoms with E-state index in [1.807, 2.05) is 19.9 Å². The highest BCUT2D eigenvalue weighted by molar-refractivity contribution is 6.00. The molecular formula is C17H20FN3O2. The van der Waals surface area contributed by atoms with E-state index < -0.39 is 0 Å². The van der Waals surface area contributed by atoms with Gasteiger partial charge in [0.1, 0.15) is 12.4 Å². The number of amidine groups is 1. The number of nitrogens with zero attached hydrogens (tertiary/aromatic N) is 2. The Morgan fingerprint density at radius 3 is 2.87 bits per heavy atom. The number of hydrogen-bond acceptors (Lipinski definition) is 4. The maximum Gasteiger partial charge on any atom is 0.225 e. The van der Waals surface area contributed by atoms with E-state index in [1.54, 1.807) is 18.2 Å². The molecule has 0 aliphatic carbocycles. The Morgan fingerprint density at radius 1 is 1.35 bits per heavy atom. The summed E-state index contributed by atoms with van der Waals surface area (Å²) in [7, 11) is 0. The zero-order valence-corrected chi connectivity index (χ0v) is 13.2. The fraction of sp³-hybridized carbons (Fsp3) is 0.294. The van der Waals surface area contributed by atoms with Gasteiger partial charge in [-0.05, 0) is 43.2 Å². The molecule has 0 aliphatic heterocycles. The summed E-state index contributed by atoms with van der Waals surface area (Å²) < 4.78 is 18.9. The topological polar surface area (TPSA) is 66.7 Å². The van der Waals surface area contributed by atoms with Crippen molar-refractivity contribution >= 4 is 5.84 Å². The molecule has 1 aromatic heterocycles. The molecule has 1 aromatic carbocycles. The third-order valence-corrected chi connectivity index (χ3v) is 3.12. The monoisotopic (exact) mass is 317 g/mol. The number of aliphatic imine (C=N–C) groups is 1. The minimum atomic E-state index is -0.314. The Kier molecular flexibility index (Phi) is 6.05. The van der Waals surface area contributed by atoms with Gasteiger partial charge in [0.2, 0.25) is 5.88 Å². The number of benzene rings is 1. The lowest BCUT2D eigenvalue weighted by atomic mass is 10.2. The van der Waals surface area contributed by atoms with E-state index in [9.17, 15) is 9.60 Å². The number of hydroxylamine groups is 1. The summed E-state index contributed by atoms with van der Waals surface area (Å²) in [5.74, 6) is 0.324. The van der Waals surface area contributed by atoms with E-state index in [1.165, 1.54) is 12.1 Å². The first-order valence-corrected chi connectivity index (χ1v) is 7.44. The van der Waals surface area contributed by atoms with Crippen molar-refractivity contribution in [1.29, 1.82) is 0 Å². The number of pyridine rings is 1. The van der Waals surface area contributed by atoms with Crippen LogP contribution in [-0.4, -0.2) is 22.6 Å². The van der Waals surface area contributed by atoms with Crippen LogP contribution in [0.5, 0.6) is 5.88 Å². The van der Waals surface area contributed by atoms with Crippen LogP contribution in [0.15, 0.2) is 41.4 Å². The second-order valence-electron chi connectivity index (χ2n) is 5.07. The Balaban J connectivity index is 2.24. The van der Waals surface area contributed by atoms with E-state index in [0.29, 0.717) is 29.4 Å². The molecule has 122 valence electrons. The third-order valence-electron chi connectivity index (χ3n) is 3.12. The van der Waals surface area contributed by atoms with Gasteiger partial charge in [-0.1, -0.05) is 19.1 Å². The Bertz CT molecular complexity index is 689. The molecule has 0 unspecified atom stereocenters. The molecule has 0 bridgehead atoms. The number of ether oxygens (including phenoxy) is 1. The Hall–Kier alpha value is -2.47. The smallest absolute Gasteiger partial charge is 0.225 e. The van der Waals surface area contributed by atoms with Crippen molar-refractivity contribution in [3.8, 4) is 5.88 Å². The molecular weight excluding hydrogens is 297 g/mol. The van der Waals surface area contributed by atoms with Crippen molar-refractivity contribution in [2.24, 2.45) is 4.99 Å². The van der Waals surface area contributed by atoms with Crippen molar-refractivity contribution in [3.63, 3.8) is 0 Å². The fourth-order valence-electron chi connectivity index (χ4n) is 2.01. The quantitative estimate of drug-likeness (QED) is 0.487. The predicted molar refractivity (Wildman–Crippen MR) is 86.3 cm³/mol. The van der Waals surface area contributed by atoms with Gasteiger partial charge < -0.3 is 4.74 Å².